The molecule has 0 saturated carbocycles. The van der Waals surface area contributed by atoms with Crippen LogP contribution in [0.1, 0.15) is 48.5 Å². The molecule has 0 saturated heterocycles. The molecule has 0 aliphatic carbocycles. The number of carbonyl (C=O) groups is 2. The Kier molecular flexibility index (Phi) is 14.3. The van der Waals surface area contributed by atoms with E-state index in [0.29, 0.717) is 99.2 Å². The fourth-order valence-corrected chi connectivity index (χ4v) is 13.2. The van der Waals surface area contributed by atoms with Crippen LogP contribution >= 0.6 is 0 Å². The smallest absolute Gasteiger partial charge is 0.308 e. The minimum absolute atomic E-state index is 0.0146. The van der Waals surface area contributed by atoms with E-state index in [-0.39, 0.29) is 44.9 Å². The van der Waals surface area contributed by atoms with E-state index < -0.39 is 58.8 Å². The maximum absolute atomic E-state index is 15.9. The van der Waals surface area contributed by atoms with Crippen molar-refractivity contribution in [3.05, 3.63) is 294 Å². The number of para-hydroxylation sites is 1. The number of aromatic nitrogens is 2. The van der Waals surface area contributed by atoms with Crippen molar-refractivity contribution in [1.29, 1.82) is 5.26 Å². The highest BCUT2D eigenvalue weighted by molar-refractivity contribution is 6.37. The number of hydrogen-bond donors (Lipinski definition) is 0. The van der Waals surface area contributed by atoms with Gasteiger partial charge in [-0.1, -0.05) is 133 Å². The molecule has 2 aromatic heterocycles. The minimum Gasteiger partial charge on any atom is -0.308 e. The van der Waals surface area contributed by atoms with Crippen LogP contribution in [0.5, 0.6) is 0 Å². The van der Waals surface area contributed by atoms with Crippen LogP contribution in [0.25, 0.3) is 122 Å². The van der Waals surface area contributed by atoms with Crippen molar-refractivity contribution in [2.75, 3.05) is 4.90 Å². The van der Waals surface area contributed by atoms with Gasteiger partial charge >= 0.3 is 24.7 Å². The van der Waals surface area contributed by atoms with Crippen LogP contribution in [0.4, 0.5) is 58.4 Å². The number of fused-ring (bicyclic) bond motifs is 7. The monoisotopic (exact) mass is 1310 g/mol. The summed E-state index contributed by atoms with van der Waals surface area (Å²) >= 11 is 0. The second-order valence-electron chi connectivity index (χ2n) is 23.5. The van der Waals surface area contributed by atoms with E-state index in [4.69, 9.17) is 0 Å². The summed E-state index contributed by atoms with van der Waals surface area (Å²) in [4.78, 5) is 32.3. The van der Waals surface area contributed by atoms with Crippen LogP contribution in [0.3, 0.4) is 0 Å². The molecule has 1 aliphatic rings. The predicted molar refractivity (Wildman–Crippen MR) is 350 cm³/mol. The lowest BCUT2D eigenvalue weighted by Crippen LogP contribution is -2.30. The number of carbonyl (C=O) groups excluding carboxylic acids is 2. The van der Waals surface area contributed by atoms with Gasteiger partial charge in [-0.3, -0.25) is 9.59 Å². The number of amides is 2. The van der Waals surface area contributed by atoms with Crippen LogP contribution in [0.15, 0.2) is 255 Å². The van der Waals surface area contributed by atoms with Crippen LogP contribution in [-0.4, -0.2) is 20.9 Å². The number of nitrogens with zero attached hydrogens (tertiary/aromatic N) is 4. The molecular weight excluding hydrogens is 1260 g/mol. The highest BCUT2D eigenvalue weighted by Gasteiger charge is 2.42. The van der Waals surface area contributed by atoms with Gasteiger partial charge in [-0.05, 0) is 177 Å². The Bertz CT molecular complexity index is 5120. The van der Waals surface area contributed by atoms with Gasteiger partial charge in [-0.25, -0.2) is 4.90 Å². The van der Waals surface area contributed by atoms with Crippen molar-refractivity contribution < 1.29 is 62.3 Å². The van der Waals surface area contributed by atoms with Crippen molar-refractivity contribution in [3.63, 3.8) is 0 Å². The molecular formula is C79H42F12N4O2. The summed E-state index contributed by atoms with van der Waals surface area (Å²) in [6, 6.07) is 65.5. The van der Waals surface area contributed by atoms with Crippen LogP contribution in [0, 0.1) is 11.3 Å². The molecule has 0 unspecified atom stereocenters. The van der Waals surface area contributed by atoms with Crippen LogP contribution in [0.2, 0.25) is 0 Å². The fourth-order valence-electron chi connectivity index (χ4n) is 13.2. The molecule has 0 spiro atoms. The second kappa shape index (κ2) is 22.6. The minimum atomic E-state index is -4.64. The summed E-state index contributed by atoms with van der Waals surface area (Å²) in [5, 5.41) is 13.4. The van der Waals surface area contributed by atoms with E-state index in [9.17, 15) is 57.9 Å². The molecule has 0 fully saturated rings. The zero-order valence-corrected chi connectivity index (χ0v) is 49.9. The molecule has 14 aromatic rings. The van der Waals surface area contributed by atoms with Gasteiger partial charge in [0.15, 0.2) is 0 Å². The molecule has 6 nitrogen and oxygen atoms in total. The molecule has 0 radical (unpaired) electrons. The van der Waals surface area contributed by atoms with Gasteiger partial charge in [-0.2, -0.15) is 57.9 Å². The molecule has 15 rings (SSSR count). The first-order valence-corrected chi connectivity index (χ1v) is 30.0. The average molecular weight is 1310 g/mol. The highest BCUT2D eigenvalue weighted by Crippen LogP contribution is 2.49. The Morgan fingerprint density at radius 3 is 0.948 bits per heavy atom. The Labute approximate surface area is 543 Å². The van der Waals surface area contributed by atoms with Gasteiger partial charge in [0.25, 0.3) is 11.8 Å². The number of halogens is 12. The highest BCUT2D eigenvalue weighted by atomic mass is 19.4. The third-order valence-corrected chi connectivity index (χ3v) is 17.8. The molecule has 1 aliphatic heterocycles. The maximum Gasteiger partial charge on any atom is 0.416 e. The van der Waals surface area contributed by atoms with Gasteiger partial charge in [0, 0.05) is 32.7 Å². The molecule has 474 valence electrons. The topological polar surface area (TPSA) is 71.0 Å². The summed E-state index contributed by atoms with van der Waals surface area (Å²) in [6.45, 7) is 0. The van der Waals surface area contributed by atoms with E-state index in [1.165, 1.54) is 54.6 Å². The first-order chi connectivity index (χ1) is 46.4. The number of imide groups is 1. The maximum atomic E-state index is 15.9. The predicted octanol–water partition coefficient (Wildman–Crippen LogP) is 22.6. The standard InChI is InChI=1S/C79H42F12N4O2/c80-76(81,82)54-25-13-45(14-26-54)50-21-33-66-61(39-50)62-40-51(46-15-27-55(28-16-46)77(83,84)85)22-34-67(62)93(66)70-37-44(43-92)38-71(73(70)59-10-6-11-60-72(59)75(97)95(74(60)96)65-12-5-4-9-58(65)49-7-2-1-3-8-49)94-68-35-23-52(47-17-29-56(30-18-47)78(86,87)88)41-63(68)64-42-53(24-36-69(64)94)48-19-31-57(32-20-48)79(89,90)91/h1-42H. The number of nitriles is 1. The molecule has 0 N–H and O–H groups in total. The lowest BCUT2D eigenvalue weighted by Gasteiger charge is -2.22. The lowest BCUT2D eigenvalue weighted by atomic mass is 9.92. The van der Waals surface area contributed by atoms with Crippen molar-refractivity contribution in [1.82, 2.24) is 9.13 Å². The number of hydrogen-bond acceptors (Lipinski definition) is 3. The summed E-state index contributed by atoms with van der Waals surface area (Å²) in [7, 11) is 0. The van der Waals surface area contributed by atoms with Crippen molar-refractivity contribution in [2.24, 2.45) is 0 Å². The molecule has 0 bridgehead atoms. The lowest BCUT2D eigenvalue weighted by molar-refractivity contribution is -0.138. The van der Waals surface area contributed by atoms with Gasteiger partial charge in [0.05, 0.1) is 84.1 Å². The van der Waals surface area contributed by atoms with Gasteiger partial charge in [-0.15, -0.1) is 0 Å². The normalized spacial score (nSPS) is 13.0. The Morgan fingerprint density at radius 2 is 0.598 bits per heavy atom. The summed E-state index contributed by atoms with van der Waals surface area (Å²) < 4.78 is 171. The second-order valence-corrected chi connectivity index (χ2v) is 23.5. The first-order valence-electron chi connectivity index (χ1n) is 30.0. The Balaban J connectivity index is 1.04. The number of benzene rings is 12. The number of rotatable bonds is 9. The largest absolute Gasteiger partial charge is 0.416 e. The molecule has 97 heavy (non-hydrogen) atoms. The summed E-state index contributed by atoms with van der Waals surface area (Å²) in [6.07, 6.45) is -18.6. The number of anilines is 1. The van der Waals surface area contributed by atoms with Crippen molar-refractivity contribution in [2.45, 2.75) is 24.7 Å². The molecule has 12 aromatic carbocycles. The van der Waals surface area contributed by atoms with E-state index >= 15 is 9.59 Å². The van der Waals surface area contributed by atoms with Crippen molar-refractivity contribution >= 4 is 61.1 Å². The van der Waals surface area contributed by atoms with E-state index in [0.717, 1.165) is 53.4 Å². The van der Waals surface area contributed by atoms with Gasteiger partial charge in [0.1, 0.15) is 0 Å². The summed E-state index contributed by atoms with van der Waals surface area (Å²) in [5.41, 5.74) is 4.27. The summed E-state index contributed by atoms with van der Waals surface area (Å²) in [5.74, 6) is -1.37. The van der Waals surface area contributed by atoms with Crippen LogP contribution in [-0.2, 0) is 24.7 Å². The molecule has 2 amide bonds. The fraction of sp³-hybridized carbons (Fsp3) is 0.0506. The SMILES string of the molecule is N#Cc1cc(-n2c3ccc(-c4ccc(C(F)(F)F)cc4)cc3c3cc(-c4ccc(C(F)(F)F)cc4)ccc32)c(-c2cccc3c2C(=O)N(c2ccccc2-c2ccccc2)C3=O)c(-n2c3ccc(-c4ccc(C(F)(F)F)cc4)cc3c3cc(-c4ccc(C(F)(F)F)cc4)ccc32)c1. The quantitative estimate of drug-likeness (QED) is 0.107. The third-order valence-electron chi connectivity index (χ3n) is 17.8. The van der Waals surface area contributed by atoms with Gasteiger partial charge in [0.2, 0.25) is 0 Å². The van der Waals surface area contributed by atoms with Gasteiger partial charge < -0.3 is 9.13 Å². The molecule has 0 atom stereocenters. The van der Waals surface area contributed by atoms with Crippen molar-refractivity contribution in [3.8, 4) is 84.2 Å². The van der Waals surface area contributed by atoms with Crippen LogP contribution < -0.4 is 4.90 Å². The Hall–Kier alpha value is -12.0. The first kappa shape index (κ1) is 61.2. The van der Waals surface area contributed by atoms with E-state index in [2.05, 4.69) is 6.07 Å². The van der Waals surface area contributed by atoms with E-state index in [1.54, 1.807) is 121 Å². The third kappa shape index (κ3) is 10.6. The average Bonchev–Trinajstić information content (AvgIpc) is 1.59. The molecule has 18 heteroatoms. The molecule has 3 heterocycles. The Morgan fingerprint density at radius 1 is 0.278 bits per heavy atom. The number of alkyl halides is 12. The zero-order chi connectivity index (χ0) is 67.6. The van der Waals surface area contributed by atoms with E-state index in [1.807, 2.05) is 39.5 Å². The zero-order valence-electron chi connectivity index (χ0n) is 49.9.